The van der Waals surface area contributed by atoms with E-state index in [-0.39, 0.29) is 17.2 Å². The van der Waals surface area contributed by atoms with E-state index < -0.39 is 0 Å². The summed E-state index contributed by atoms with van der Waals surface area (Å²) in [6, 6.07) is 10.6. The summed E-state index contributed by atoms with van der Waals surface area (Å²) in [6.07, 6.45) is 4.74. The molecule has 31 heavy (non-hydrogen) atoms. The molecule has 168 valence electrons. The van der Waals surface area contributed by atoms with Crippen molar-refractivity contribution in [2.75, 3.05) is 31.2 Å². The second kappa shape index (κ2) is 10.5. The number of amides is 1. The van der Waals surface area contributed by atoms with Crippen molar-refractivity contribution in [2.24, 2.45) is 5.92 Å². The van der Waals surface area contributed by atoms with Crippen molar-refractivity contribution in [1.82, 2.24) is 20.1 Å². The molecule has 8 heteroatoms. The van der Waals surface area contributed by atoms with Gasteiger partial charge in [0.25, 0.3) is 0 Å². The summed E-state index contributed by atoms with van der Waals surface area (Å²) in [7, 11) is 0. The highest BCUT2D eigenvalue weighted by Crippen LogP contribution is 2.28. The number of hydrogen-bond donors (Lipinski definition) is 1. The molecule has 1 aliphatic carbocycles. The maximum atomic E-state index is 12.9. The number of anilines is 1. The van der Waals surface area contributed by atoms with Crippen LogP contribution in [0.3, 0.4) is 0 Å². The van der Waals surface area contributed by atoms with Gasteiger partial charge in [0.05, 0.1) is 25.0 Å². The average Bonchev–Trinajstić information content (AvgIpc) is 3.18. The first-order valence-electron chi connectivity index (χ1n) is 11.4. The molecule has 1 saturated heterocycles. The third kappa shape index (κ3) is 5.60. The minimum absolute atomic E-state index is 0.0888. The van der Waals surface area contributed by atoms with Crippen molar-refractivity contribution >= 4 is 23.6 Å². The molecule has 0 radical (unpaired) electrons. The molecule has 2 heterocycles. The number of nitrogens with one attached hydrogen (secondary N) is 1. The van der Waals surface area contributed by atoms with E-state index in [1.54, 1.807) is 0 Å². The highest BCUT2D eigenvalue weighted by molar-refractivity contribution is 8.00. The zero-order chi connectivity index (χ0) is 21.6. The molecule has 4 rings (SSSR count). The molecule has 1 aromatic heterocycles. The van der Waals surface area contributed by atoms with E-state index in [9.17, 15) is 4.79 Å². The number of nitrogens with zero attached hydrogens (tertiary/aromatic N) is 4. The summed E-state index contributed by atoms with van der Waals surface area (Å²) in [6.45, 7) is 7.87. The molecule has 1 aliphatic heterocycles. The SMILES string of the molecule is CC(Sc1nnc(N2CCOCC2)n1Cc1ccccc1)C(=O)NC1CCCCC1C. The largest absolute Gasteiger partial charge is 0.378 e. The molecule has 1 saturated carbocycles. The lowest BCUT2D eigenvalue weighted by Crippen LogP contribution is -2.44. The number of morpholine rings is 1. The standard InChI is InChI=1S/C23H33N5O2S/c1-17-8-6-7-11-20(17)24-21(29)18(2)31-23-26-25-22(27-12-14-30-15-13-27)28(23)16-19-9-4-3-5-10-19/h3-5,9-10,17-18,20H,6-8,11-16H2,1-2H3,(H,24,29). The van der Waals surface area contributed by atoms with Crippen LogP contribution in [0.4, 0.5) is 5.95 Å². The number of benzene rings is 1. The van der Waals surface area contributed by atoms with Gasteiger partial charge < -0.3 is 15.0 Å². The molecule has 0 bridgehead atoms. The first-order chi connectivity index (χ1) is 15.1. The predicted octanol–water partition coefficient (Wildman–Crippen LogP) is 3.34. The van der Waals surface area contributed by atoms with Crippen LogP contribution in [-0.4, -0.2) is 58.3 Å². The quantitative estimate of drug-likeness (QED) is 0.662. The van der Waals surface area contributed by atoms with E-state index in [2.05, 4.69) is 44.0 Å². The van der Waals surface area contributed by atoms with E-state index >= 15 is 0 Å². The van der Waals surface area contributed by atoms with Crippen LogP contribution in [0.2, 0.25) is 0 Å². The molecule has 3 atom stereocenters. The van der Waals surface area contributed by atoms with Gasteiger partial charge in [0.2, 0.25) is 11.9 Å². The van der Waals surface area contributed by atoms with Gasteiger partial charge in [-0.3, -0.25) is 9.36 Å². The summed E-state index contributed by atoms with van der Waals surface area (Å²) < 4.78 is 7.64. The second-order valence-electron chi connectivity index (χ2n) is 8.59. The fourth-order valence-electron chi connectivity index (χ4n) is 4.31. The van der Waals surface area contributed by atoms with E-state index in [4.69, 9.17) is 4.74 Å². The first kappa shape index (κ1) is 22.1. The van der Waals surface area contributed by atoms with Crippen LogP contribution < -0.4 is 10.2 Å². The average molecular weight is 444 g/mol. The Balaban J connectivity index is 1.49. The Bertz CT molecular complexity index is 853. The predicted molar refractivity (Wildman–Crippen MR) is 123 cm³/mol. The number of ether oxygens (including phenoxy) is 1. The summed E-state index contributed by atoms with van der Waals surface area (Å²) in [4.78, 5) is 15.1. The Kier molecular flexibility index (Phi) is 7.50. The Labute approximate surface area is 188 Å². The van der Waals surface area contributed by atoms with Crippen molar-refractivity contribution in [3.63, 3.8) is 0 Å². The summed E-state index contributed by atoms with van der Waals surface area (Å²) in [5.74, 6) is 1.48. The number of rotatable bonds is 7. The monoisotopic (exact) mass is 443 g/mol. The van der Waals surface area contributed by atoms with Gasteiger partial charge in [-0.25, -0.2) is 0 Å². The van der Waals surface area contributed by atoms with E-state index in [1.165, 1.54) is 36.6 Å². The number of carbonyl (C=O) groups excluding carboxylic acids is 1. The van der Waals surface area contributed by atoms with Gasteiger partial charge in [-0.1, -0.05) is 61.9 Å². The number of aromatic nitrogens is 3. The third-order valence-corrected chi connectivity index (χ3v) is 7.35. The van der Waals surface area contributed by atoms with Gasteiger partial charge in [-0.2, -0.15) is 0 Å². The summed E-state index contributed by atoms with van der Waals surface area (Å²) in [5, 5.41) is 12.8. The zero-order valence-corrected chi connectivity index (χ0v) is 19.3. The minimum atomic E-state index is -0.231. The van der Waals surface area contributed by atoms with Crippen LogP contribution in [-0.2, 0) is 16.1 Å². The highest BCUT2D eigenvalue weighted by Gasteiger charge is 2.27. The minimum Gasteiger partial charge on any atom is -0.378 e. The lowest BCUT2D eigenvalue weighted by molar-refractivity contribution is -0.121. The molecule has 1 aromatic carbocycles. The number of hydrogen-bond acceptors (Lipinski definition) is 6. The normalized spacial score (nSPS) is 22.8. The van der Waals surface area contributed by atoms with Crippen LogP contribution >= 0.6 is 11.8 Å². The van der Waals surface area contributed by atoms with Gasteiger partial charge >= 0.3 is 0 Å². The smallest absolute Gasteiger partial charge is 0.233 e. The van der Waals surface area contributed by atoms with Gasteiger partial charge in [-0.15, -0.1) is 10.2 Å². The molecular weight excluding hydrogens is 410 g/mol. The number of thioether (sulfide) groups is 1. The second-order valence-corrected chi connectivity index (χ2v) is 9.90. The van der Waals surface area contributed by atoms with Crippen LogP contribution in [0.25, 0.3) is 0 Å². The van der Waals surface area contributed by atoms with Crippen molar-refractivity contribution in [3.05, 3.63) is 35.9 Å². The van der Waals surface area contributed by atoms with Gasteiger partial charge in [0.1, 0.15) is 0 Å². The molecular formula is C23H33N5O2S. The lowest BCUT2D eigenvalue weighted by atomic mass is 9.86. The van der Waals surface area contributed by atoms with Gasteiger partial charge in [-0.05, 0) is 31.2 Å². The molecule has 1 N–H and O–H groups in total. The fourth-order valence-corrected chi connectivity index (χ4v) is 5.16. The molecule has 0 spiro atoms. The maximum absolute atomic E-state index is 12.9. The van der Waals surface area contributed by atoms with Crippen LogP contribution in [0.1, 0.15) is 45.1 Å². The Morgan fingerprint density at radius 3 is 2.68 bits per heavy atom. The highest BCUT2D eigenvalue weighted by atomic mass is 32.2. The van der Waals surface area contributed by atoms with Crippen molar-refractivity contribution in [1.29, 1.82) is 0 Å². The van der Waals surface area contributed by atoms with Gasteiger partial charge in [0.15, 0.2) is 5.16 Å². The zero-order valence-electron chi connectivity index (χ0n) is 18.5. The van der Waals surface area contributed by atoms with Crippen LogP contribution in [0.5, 0.6) is 0 Å². The molecule has 2 aromatic rings. The molecule has 1 amide bonds. The summed E-state index contributed by atoms with van der Waals surface area (Å²) >= 11 is 1.49. The maximum Gasteiger partial charge on any atom is 0.233 e. The van der Waals surface area contributed by atoms with E-state index in [0.29, 0.717) is 25.7 Å². The number of carbonyl (C=O) groups is 1. The lowest BCUT2D eigenvalue weighted by Gasteiger charge is -2.30. The van der Waals surface area contributed by atoms with Gasteiger partial charge in [0, 0.05) is 19.1 Å². The molecule has 3 unspecified atom stereocenters. The molecule has 7 nitrogen and oxygen atoms in total. The van der Waals surface area contributed by atoms with Crippen LogP contribution in [0, 0.1) is 5.92 Å². The van der Waals surface area contributed by atoms with Crippen molar-refractivity contribution in [2.45, 2.75) is 62.5 Å². The Morgan fingerprint density at radius 2 is 1.94 bits per heavy atom. The molecule has 2 aliphatic rings. The van der Waals surface area contributed by atoms with E-state index in [0.717, 1.165) is 30.6 Å². The first-order valence-corrected chi connectivity index (χ1v) is 12.3. The van der Waals surface area contributed by atoms with E-state index in [1.807, 2.05) is 25.1 Å². The van der Waals surface area contributed by atoms with Crippen LogP contribution in [0.15, 0.2) is 35.5 Å². The van der Waals surface area contributed by atoms with Crippen molar-refractivity contribution in [3.8, 4) is 0 Å². The topological polar surface area (TPSA) is 72.3 Å². The van der Waals surface area contributed by atoms with Crippen molar-refractivity contribution < 1.29 is 9.53 Å². The Morgan fingerprint density at radius 1 is 1.19 bits per heavy atom. The fraction of sp³-hybridized carbons (Fsp3) is 0.609. The summed E-state index contributed by atoms with van der Waals surface area (Å²) in [5.41, 5.74) is 1.19. The molecule has 2 fully saturated rings. The third-order valence-electron chi connectivity index (χ3n) is 6.27. The Hall–Kier alpha value is -2.06.